The van der Waals surface area contributed by atoms with Crippen LogP contribution in [0.4, 0.5) is 5.69 Å². The van der Waals surface area contributed by atoms with Crippen LogP contribution in [0.5, 0.6) is 0 Å². The molecule has 0 unspecified atom stereocenters. The van der Waals surface area contributed by atoms with Gasteiger partial charge in [-0.05, 0) is 31.0 Å². The van der Waals surface area contributed by atoms with Gasteiger partial charge in [0, 0.05) is 21.7 Å². The molecule has 0 heterocycles. The van der Waals surface area contributed by atoms with Crippen molar-refractivity contribution in [1.29, 1.82) is 0 Å². The van der Waals surface area contributed by atoms with E-state index in [9.17, 15) is 9.59 Å². The quantitative estimate of drug-likeness (QED) is 0.893. The van der Waals surface area contributed by atoms with E-state index in [4.69, 9.17) is 23.2 Å². The van der Waals surface area contributed by atoms with E-state index in [0.717, 1.165) is 12.8 Å². The van der Waals surface area contributed by atoms with Gasteiger partial charge in [0.2, 0.25) is 11.8 Å². The highest BCUT2D eigenvalue weighted by Crippen LogP contribution is 2.28. The highest BCUT2D eigenvalue weighted by atomic mass is 35.5. The Morgan fingerprint density at radius 1 is 1.17 bits per heavy atom. The van der Waals surface area contributed by atoms with Crippen molar-refractivity contribution in [3.05, 3.63) is 28.2 Å². The van der Waals surface area contributed by atoms with Crippen LogP contribution < -0.4 is 10.6 Å². The van der Waals surface area contributed by atoms with Gasteiger partial charge in [-0.1, -0.05) is 23.2 Å². The first-order chi connectivity index (χ1) is 8.54. The van der Waals surface area contributed by atoms with Gasteiger partial charge in [0.1, 0.15) is 0 Å². The van der Waals surface area contributed by atoms with Gasteiger partial charge in [0.05, 0.1) is 6.54 Å². The van der Waals surface area contributed by atoms with Gasteiger partial charge in [0.25, 0.3) is 0 Å². The Hall–Kier alpha value is -1.26. The van der Waals surface area contributed by atoms with Crippen LogP contribution in [0.1, 0.15) is 12.8 Å². The third-order valence-electron chi connectivity index (χ3n) is 2.52. The lowest BCUT2D eigenvalue weighted by Crippen LogP contribution is -2.33. The van der Waals surface area contributed by atoms with Crippen molar-refractivity contribution < 1.29 is 9.59 Å². The summed E-state index contributed by atoms with van der Waals surface area (Å²) < 4.78 is 0. The Labute approximate surface area is 115 Å². The number of hydrogen-bond donors (Lipinski definition) is 2. The lowest BCUT2D eigenvalue weighted by Gasteiger charge is -2.07. The second kappa shape index (κ2) is 5.59. The number of halogens is 2. The number of carbonyl (C=O) groups is 2. The van der Waals surface area contributed by atoms with Crippen molar-refractivity contribution in [2.75, 3.05) is 11.9 Å². The largest absolute Gasteiger partial charge is 0.347 e. The Morgan fingerprint density at radius 3 is 2.33 bits per heavy atom. The predicted molar refractivity (Wildman–Crippen MR) is 70.8 cm³/mol. The minimum atomic E-state index is -0.303. The zero-order valence-electron chi connectivity index (χ0n) is 9.50. The molecule has 0 spiro atoms. The van der Waals surface area contributed by atoms with Crippen molar-refractivity contribution in [2.45, 2.75) is 12.8 Å². The standard InChI is InChI=1S/C12H12Cl2N2O2/c13-8-3-9(14)5-10(4-8)16-11(17)6-15-12(18)7-1-2-7/h3-5,7H,1-2,6H2,(H,15,18)(H,16,17). The maximum Gasteiger partial charge on any atom is 0.243 e. The average molecular weight is 287 g/mol. The lowest BCUT2D eigenvalue weighted by atomic mass is 10.3. The van der Waals surface area contributed by atoms with Crippen molar-refractivity contribution in [3.63, 3.8) is 0 Å². The van der Waals surface area contributed by atoms with Crippen molar-refractivity contribution in [1.82, 2.24) is 5.32 Å². The molecule has 2 N–H and O–H groups in total. The topological polar surface area (TPSA) is 58.2 Å². The maximum atomic E-state index is 11.6. The van der Waals surface area contributed by atoms with Crippen LogP contribution >= 0.6 is 23.2 Å². The van der Waals surface area contributed by atoms with Crippen LogP contribution in [-0.4, -0.2) is 18.4 Å². The molecule has 1 aliphatic carbocycles. The molecule has 0 aromatic heterocycles. The first-order valence-corrected chi connectivity index (χ1v) is 6.34. The van der Waals surface area contributed by atoms with Gasteiger partial charge in [-0.15, -0.1) is 0 Å². The average Bonchev–Trinajstić information content (AvgIpc) is 3.08. The highest BCUT2D eigenvalue weighted by molar-refractivity contribution is 6.35. The van der Waals surface area contributed by atoms with Crippen LogP contribution in [0.3, 0.4) is 0 Å². The van der Waals surface area contributed by atoms with E-state index >= 15 is 0 Å². The molecule has 1 fully saturated rings. The number of rotatable bonds is 4. The predicted octanol–water partition coefficient (Wildman–Crippen LogP) is 2.46. The maximum absolute atomic E-state index is 11.6. The number of carbonyl (C=O) groups excluding carboxylic acids is 2. The lowest BCUT2D eigenvalue weighted by molar-refractivity contribution is -0.125. The summed E-state index contributed by atoms with van der Waals surface area (Å²) in [6.07, 6.45) is 1.83. The molecule has 0 radical (unpaired) electrons. The van der Waals surface area contributed by atoms with Crippen LogP contribution in [0.25, 0.3) is 0 Å². The molecule has 4 nitrogen and oxygen atoms in total. The highest BCUT2D eigenvalue weighted by Gasteiger charge is 2.29. The first-order valence-electron chi connectivity index (χ1n) is 5.58. The van der Waals surface area contributed by atoms with E-state index in [-0.39, 0.29) is 24.3 Å². The first kappa shape index (κ1) is 13.2. The number of nitrogens with one attached hydrogen (secondary N) is 2. The van der Waals surface area contributed by atoms with Crippen molar-refractivity contribution in [3.8, 4) is 0 Å². The summed E-state index contributed by atoms with van der Waals surface area (Å²) in [5.41, 5.74) is 0.512. The normalized spacial score (nSPS) is 14.1. The minimum absolute atomic E-state index is 0.0422. The Morgan fingerprint density at radius 2 is 1.78 bits per heavy atom. The summed E-state index contributed by atoms with van der Waals surface area (Å²) in [6, 6.07) is 4.76. The van der Waals surface area contributed by atoms with Crippen molar-refractivity contribution >= 4 is 40.7 Å². The number of benzene rings is 1. The van der Waals surface area contributed by atoms with Gasteiger partial charge < -0.3 is 10.6 Å². The molecule has 0 bridgehead atoms. The fourth-order valence-corrected chi connectivity index (χ4v) is 2.01. The van der Waals surface area contributed by atoms with Gasteiger partial charge in [-0.3, -0.25) is 9.59 Å². The molecule has 2 amide bonds. The molecule has 6 heteroatoms. The molecule has 1 aromatic carbocycles. The molecule has 1 saturated carbocycles. The molecular weight excluding hydrogens is 275 g/mol. The third-order valence-corrected chi connectivity index (χ3v) is 2.95. The fraction of sp³-hybridized carbons (Fsp3) is 0.333. The summed E-state index contributed by atoms with van der Waals surface area (Å²) in [6.45, 7) is -0.0422. The number of hydrogen-bond acceptors (Lipinski definition) is 2. The summed E-state index contributed by atoms with van der Waals surface area (Å²) in [5, 5.41) is 6.08. The third kappa shape index (κ3) is 3.89. The van der Waals surface area contributed by atoms with Crippen LogP contribution in [-0.2, 0) is 9.59 Å². The molecule has 2 rings (SSSR count). The Kier molecular flexibility index (Phi) is 4.09. The molecule has 1 aromatic rings. The molecule has 0 saturated heterocycles. The van der Waals surface area contributed by atoms with Crippen LogP contribution in [0, 0.1) is 5.92 Å². The van der Waals surface area contributed by atoms with Gasteiger partial charge in [0.15, 0.2) is 0 Å². The van der Waals surface area contributed by atoms with E-state index in [0.29, 0.717) is 15.7 Å². The van der Waals surface area contributed by atoms with E-state index in [1.165, 1.54) is 0 Å². The molecule has 0 atom stereocenters. The van der Waals surface area contributed by atoms with E-state index in [1.807, 2.05) is 0 Å². The zero-order valence-corrected chi connectivity index (χ0v) is 11.0. The molecular formula is C12H12Cl2N2O2. The summed E-state index contributed by atoms with van der Waals surface area (Å²) in [4.78, 5) is 22.9. The molecule has 96 valence electrons. The van der Waals surface area contributed by atoms with Crippen LogP contribution in [0.2, 0.25) is 10.0 Å². The van der Waals surface area contributed by atoms with Gasteiger partial charge in [-0.2, -0.15) is 0 Å². The van der Waals surface area contributed by atoms with Gasteiger partial charge >= 0.3 is 0 Å². The van der Waals surface area contributed by atoms with Gasteiger partial charge in [-0.25, -0.2) is 0 Å². The number of amides is 2. The summed E-state index contributed by atoms with van der Waals surface area (Å²) in [7, 11) is 0. The monoisotopic (exact) mass is 286 g/mol. The van der Waals surface area contributed by atoms with E-state index in [1.54, 1.807) is 18.2 Å². The molecule has 1 aliphatic rings. The Balaban J connectivity index is 1.84. The minimum Gasteiger partial charge on any atom is -0.347 e. The van der Waals surface area contributed by atoms with Crippen molar-refractivity contribution in [2.24, 2.45) is 5.92 Å². The fourth-order valence-electron chi connectivity index (χ4n) is 1.49. The molecule has 0 aliphatic heterocycles. The second-order valence-electron chi connectivity index (χ2n) is 4.20. The van der Waals surface area contributed by atoms with E-state index in [2.05, 4.69) is 10.6 Å². The number of anilines is 1. The SMILES string of the molecule is O=C(CNC(=O)C1CC1)Nc1cc(Cl)cc(Cl)c1. The molecule has 18 heavy (non-hydrogen) atoms. The smallest absolute Gasteiger partial charge is 0.243 e. The van der Waals surface area contributed by atoms with Crippen LogP contribution in [0.15, 0.2) is 18.2 Å². The summed E-state index contributed by atoms with van der Waals surface area (Å²) >= 11 is 11.6. The zero-order chi connectivity index (χ0) is 13.1. The Bertz CT molecular complexity index is 467. The summed E-state index contributed by atoms with van der Waals surface area (Å²) in [5.74, 6) is -0.268. The second-order valence-corrected chi connectivity index (χ2v) is 5.07. The van der Waals surface area contributed by atoms with E-state index < -0.39 is 0 Å².